The van der Waals surface area contributed by atoms with Crippen molar-refractivity contribution in [3.05, 3.63) is 69.5 Å². The molecule has 2 aromatic carbocycles. The first kappa shape index (κ1) is 27.9. The molecule has 1 saturated heterocycles. The van der Waals surface area contributed by atoms with E-state index in [0.717, 1.165) is 0 Å². The lowest BCUT2D eigenvalue weighted by Crippen LogP contribution is -2.40. The molecule has 38 heavy (non-hydrogen) atoms. The maximum atomic E-state index is 12.7. The quantitative estimate of drug-likeness (QED) is 0.391. The van der Waals surface area contributed by atoms with Crippen molar-refractivity contribution in [1.29, 1.82) is 0 Å². The zero-order valence-corrected chi connectivity index (χ0v) is 23.1. The molecule has 13 heteroatoms. The average molecular weight is 577 g/mol. The van der Waals surface area contributed by atoms with Crippen LogP contribution in [-0.4, -0.2) is 69.4 Å². The van der Waals surface area contributed by atoms with Crippen LogP contribution in [0.1, 0.15) is 39.5 Å². The van der Waals surface area contributed by atoms with Gasteiger partial charge in [-0.1, -0.05) is 41.0 Å². The number of halogens is 2. The van der Waals surface area contributed by atoms with Gasteiger partial charge >= 0.3 is 0 Å². The summed E-state index contributed by atoms with van der Waals surface area (Å²) in [5, 5.41) is 15.2. The van der Waals surface area contributed by atoms with Crippen molar-refractivity contribution in [3.8, 4) is 0 Å². The molecular formula is C25H26Cl2N6O4S. The topological polar surface area (TPSA) is 118 Å². The van der Waals surface area contributed by atoms with Gasteiger partial charge in [-0.15, -0.1) is 10.2 Å². The predicted molar refractivity (Wildman–Crippen MR) is 146 cm³/mol. The van der Waals surface area contributed by atoms with E-state index < -0.39 is 6.04 Å². The molecule has 0 aliphatic carbocycles. The summed E-state index contributed by atoms with van der Waals surface area (Å²) in [4.78, 5) is 39.7. The summed E-state index contributed by atoms with van der Waals surface area (Å²) in [6, 6.07) is 11.0. The van der Waals surface area contributed by atoms with Crippen molar-refractivity contribution < 1.29 is 19.1 Å². The largest absolute Gasteiger partial charge is 0.378 e. The highest BCUT2D eigenvalue weighted by atomic mass is 35.5. The van der Waals surface area contributed by atoms with Crippen molar-refractivity contribution in [3.63, 3.8) is 0 Å². The van der Waals surface area contributed by atoms with E-state index in [-0.39, 0.29) is 28.5 Å². The number of hydrogen-bond donors (Lipinski definition) is 2. The zero-order valence-electron chi connectivity index (χ0n) is 20.7. The maximum absolute atomic E-state index is 12.7. The standard InChI is InChI=1S/C25H26Cl2N6O4S/c1-15(28-23(35)19-7-6-17(26)13-20(19)27)22-30-31-25(32(22)2)38-14-21(34)29-18-5-3-4-16(12-18)24(36)33-8-10-37-11-9-33/h3-7,12-13,15H,8-11,14H2,1-2H3,(H,28,35)(H,29,34)/t15-/m0/s1. The Kier molecular flexibility index (Phi) is 9.26. The van der Waals surface area contributed by atoms with Gasteiger partial charge < -0.3 is 24.8 Å². The van der Waals surface area contributed by atoms with E-state index in [4.69, 9.17) is 27.9 Å². The third kappa shape index (κ3) is 6.84. The fourth-order valence-corrected chi connectivity index (χ4v) is 5.06. The lowest BCUT2D eigenvalue weighted by Gasteiger charge is -2.27. The van der Waals surface area contributed by atoms with Crippen LogP contribution in [0, 0.1) is 0 Å². The first-order valence-corrected chi connectivity index (χ1v) is 13.5. The van der Waals surface area contributed by atoms with Gasteiger partial charge in [-0.2, -0.15) is 0 Å². The molecule has 0 unspecified atom stereocenters. The van der Waals surface area contributed by atoms with Gasteiger partial charge in [0.05, 0.1) is 35.6 Å². The van der Waals surface area contributed by atoms with Crippen molar-refractivity contribution >= 4 is 58.4 Å². The first-order valence-electron chi connectivity index (χ1n) is 11.8. The number of carbonyl (C=O) groups is 3. The van der Waals surface area contributed by atoms with Crippen LogP contribution >= 0.6 is 35.0 Å². The number of benzene rings is 2. The summed E-state index contributed by atoms with van der Waals surface area (Å²) in [6.07, 6.45) is 0. The SMILES string of the molecule is C[C@H](NC(=O)c1ccc(Cl)cc1Cl)c1nnc(SCC(=O)Nc2cccc(C(=O)N3CCOCC3)c2)n1C. The van der Waals surface area contributed by atoms with Crippen molar-refractivity contribution in [2.75, 3.05) is 37.4 Å². The summed E-state index contributed by atoms with van der Waals surface area (Å²) in [5.74, 6) is -0.126. The number of anilines is 1. The van der Waals surface area contributed by atoms with Gasteiger partial charge in [-0.25, -0.2) is 0 Å². The summed E-state index contributed by atoms with van der Waals surface area (Å²) >= 11 is 13.2. The Hall–Kier alpha value is -3.12. The molecule has 10 nitrogen and oxygen atoms in total. The minimum absolute atomic E-state index is 0.0781. The second kappa shape index (κ2) is 12.6. The number of thioether (sulfide) groups is 1. The molecule has 2 N–H and O–H groups in total. The molecule has 200 valence electrons. The lowest BCUT2D eigenvalue weighted by atomic mass is 10.1. The van der Waals surface area contributed by atoms with Gasteiger partial charge in [0, 0.05) is 36.4 Å². The number of carbonyl (C=O) groups excluding carboxylic acids is 3. The average Bonchev–Trinajstić information content (AvgIpc) is 3.27. The highest BCUT2D eigenvalue weighted by Gasteiger charge is 2.21. The lowest BCUT2D eigenvalue weighted by molar-refractivity contribution is -0.113. The number of aromatic nitrogens is 3. The molecular weight excluding hydrogens is 551 g/mol. The van der Waals surface area contributed by atoms with E-state index in [1.54, 1.807) is 59.8 Å². The number of nitrogens with one attached hydrogen (secondary N) is 2. The van der Waals surface area contributed by atoms with Crippen LogP contribution in [0.2, 0.25) is 10.0 Å². The minimum Gasteiger partial charge on any atom is -0.378 e. The van der Waals surface area contributed by atoms with Crippen LogP contribution in [-0.2, 0) is 16.6 Å². The predicted octanol–water partition coefficient (Wildman–Crippen LogP) is 3.82. The van der Waals surface area contributed by atoms with Crippen molar-refractivity contribution in [2.24, 2.45) is 7.05 Å². The highest BCUT2D eigenvalue weighted by molar-refractivity contribution is 7.99. The van der Waals surface area contributed by atoms with Gasteiger partial charge in [-0.05, 0) is 43.3 Å². The first-order chi connectivity index (χ1) is 18.2. The van der Waals surface area contributed by atoms with Gasteiger partial charge in [-0.3, -0.25) is 14.4 Å². The van der Waals surface area contributed by atoms with Gasteiger partial charge in [0.15, 0.2) is 11.0 Å². The second-order valence-corrected chi connectivity index (χ2v) is 10.3. The van der Waals surface area contributed by atoms with Crippen LogP contribution in [0.4, 0.5) is 5.69 Å². The Bertz CT molecular complexity index is 1350. The maximum Gasteiger partial charge on any atom is 0.254 e. The number of hydrogen-bond acceptors (Lipinski definition) is 7. The van der Waals surface area contributed by atoms with E-state index in [1.165, 1.54) is 17.8 Å². The minimum atomic E-state index is -0.471. The van der Waals surface area contributed by atoms with E-state index in [1.807, 2.05) is 0 Å². The number of nitrogens with zero attached hydrogens (tertiary/aromatic N) is 4. The molecule has 1 aliphatic heterocycles. The fraction of sp³-hybridized carbons (Fsp3) is 0.320. The fourth-order valence-electron chi connectivity index (χ4n) is 3.85. The smallest absolute Gasteiger partial charge is 0.254 e. The Morgan fingerprint density at radius 2 is 1.87 bits per heavy atom. The zero-order chi connectivity index (χ0) is 27.2. The van der Waals surface area contributed by atoms with E-state index in [0.29, 0.717) is 59.1 Å². The summed E-state index contributed by atoms with van der Waals surface area (Å²) in [7, 11) is 1.76. The molecule has 4 rings (SSSR count). The molecule has 2 heterocycles. The monoisotopic (exact) mass is 576 g/mol. The molecule has 3 amide bonds. The molecule has 0 spiro atoms. The van der Waals surface area contributed by atoms with Gasteiger partial charge in [0.1, 0.15) is 0 Å². The Labute approximate surface area is 234 Å². The highest BCUT2D eigenvalue weighted by Crippen LogP contribution is 2.23. The number of ether oxygens (including phenoxy) is 1. The summed E-state index contributed by atoms with van der Waals surface area (Å²) in [6.45, 7) is 3.90. The summed E-state index contributed by atoms with van der Waals surface area (Å²) < 4.78 is 7.02. The van der Waals surface area contributed by atoms with E-state index >= 15 is 0 Å². The molecule has 3 aromatic rings. The second-order valence-electron chi connectivity index (χ2n) is 8.54. The van der Waals surface area contributed by atoms with Crippen LogP contribution in [0.5, 0.6) is 0 Å². The van der Waals surface area contributed by atoms with Gasteiger partial charge in [0.25, 0.3) is 11.8 Å². The molecule has 0 saturated carbocycles. The molecule has 0 bridgehead atoms. The Balaban J connectivity index is 1.32. The molecule has 0 radical (unpaired) electrons. The molecule has 1 fully saturated rings. The van der Waals surface area contributed by atoms with Crippen LogP contribution in [0.3, 0.4) is 0 Å². The molecule has 1 aromatic heterocycles. The molecule has 1 aliphatic rings. The van der Waals surface area contributed by atoms with Crippen molar-refractivity contribution in [1.82, 2.24) is 25.0 Å². The number of amides is 3. The van der Waals surface area contributed by atoms with E-state index in [9.17, 15) is 14.4 Å². The Morgan fingerprint density at radius 1 is 1.11 bits per heavy atom. The van der Waals surface area contributed by atoms with Gasteiger partial charge in [0.2, 0.25) is 5.91 Å². The van der Waals surface area contributed by atoms with Crippen molar-refractivity contribution in [2.45, 2.75) is 18.1 Å². The van der Waals surface area contributed by atoms with Crippen LogP contribution in [0.15, 0.2) is 47.6 Å². The van der Waals surface area contributed by atoms with Crippen LogP contribution in [0.25, 0.3) is 0 Å². The third-order valence-electron chi connectivity index (χ3n) is 5.80. The van der Waals surface area contributed by atoms with E-state index in [2.05, 4.69) is 20.8 Å². The Morgan fingerprint density at radius 3 is 2.61 bits per heavy atom. The number of morpholine rings is 1. The normalized spacial score (nSPS) is 14.2. The summed E-state index contributed by atoms with van der Waals surface area (Å²) in [5.41, 5.74) is 1.34. The van der Waals surface area contributed by atoms with Crippen LogP contribution < -0.4 is 10.6 Å². The molecule has 1 atom stereocenters. The number of rotatable bonds is 8. The third-order valence-corrected chi connectivity index (χ3v) is 7.37.